The van der Waals surface area contributed by atoms with Crippen molar-refractivity contribution in [2.24, 2.45) is 0 Å². The van der Waals surface area contributed by atoms with Gasteiger partial charge in [-0.05, 0) is 6.92 Å². The summed E-state index contributed by atoms with van der Waals surface area (Å²) in [5.74, 6) is 0.531. The van der Waals surface area contributed by atoms with Gasteiger partial charge < -0.3 is 10.1 Å². The molecule has 19 heavy (non-hydrogen) atoms. The number of carbonyl (C=O) groups is 1. The number of aromatic nitrogens is 3. The number of hydrogen-bond donors (Lipinski definition) is 1. The zero-order valence-electron chi connectivity index (χ0n) is 10.5. The third-order valence-corrected chi connectivity index (χ3v) is 3.76. The van der Waals surface area contributed by atoms with E-state index in [1.165, 1.54) is 11.3 Å². The summed E-state index contributed by atoms with van der Waals surface area (Å²) in [6.07, 6.45) is 2.65. The first kappa shape index (κ1) is 12.2. The first-order valence-electron chi connectivity index (χ1n) is 6.12. The summed E-state index contributed by atoms with van der Waals surface area (Å²) in [6.45, 7) is 3.78. The lowest BCUT2D eigenvalue weighted by Gasteiger charge is -2.14. The maximum Gasteiger partial charge on any atom is 0.272 e. The van der Waals surface area contributed by atoms with Crippen molar-refractivity contribution in [3.63, 3.8) is 0 Å². The van der Waals surface area contributed by atoms with Gasteiger partial charge in [-0.25, -0.2) is 9.67 Å². The number of fused-ring (bicyclic) bond motifs is 1. The van der Waals surface area contributed by atoms with E-state index in [1.54, 1.807) is 10.9 Å². The Morgan fingerprint density at radius 3 is 3.26 bits per heavy atom. The number of thiazole rings is 1. The number of nitrogens with one attached hydrogen (secondary N) is 1. The van der Waals surface area contributed by atoms with Crippen molar-refractivity contribution in [3.05, 3.63) is 27.8 Å². The van der Waals surface area contributed by atoms with E-state index in [-0.39, 0.29) is 5.91 Å². The van der Waals surface area contributed by atoms with Gasteiger partial charge in [0.2, 0.25) is 5.88 Å². The topological polar surface area (TPSA) is 69.0 Å². The molecule has 1 N–H and O–H groups in total. The van der Waals surface area contributed by atoms with E-state index >= 15 is 0 Å². The van der Waals surface area contributed by atoms with Gasteiger partial charge in [-0.15, -0.1) is 11.3 Å². The molecule has 1 aliphatic heterocycles. The maximum atomic E-state index is 12.1. The number of nitrogens with zero attached hydrogens (tertiary/aromatic N) is 3. The van der Waals surface area contributed by atoms with E-state index in [0.29, 0.717) is 24.7 Å². The highest BCUT2D eigenvalue weighted by Gasteiger charge is 2.23. The molecule has 0 spiro atoms. The molecular weight excluding hydrogens is 264 g/mol. The quantitative estimate of drug-likeness (QED) is 0.920. The van der Waals surface area contributed by atoms with Gasteiger partial charge in [0, 0.05) is 30.1 Å². The normalized spacial score (nSPS) is 13.7. The average Bonchev–Trinajstić information content (AvgIpc) is 3.05. The minimum Gasteiger partial charge on any atom is -0.478 e. The summed E-state index contributed by atoms with van der Waals surface area (Å²) in [7, 11) is 0. The lowest BCUT2D eigenvalue weighted by atomic mass is 10.2. The first-order valence-corrected chi connectivity index (χ1v) is 7.00. The van der Waals surface area contributed by atoms with Crippen LogP contribution in [0.5, 0.6) is 5.88 Å². The van der Waals surface area contributed by atoms with Gasteiger partial charge in [0.25, 0.3) is 5.91 Å². The molecule has 0 aromatic carbocycles. The van der Waals surface area contributed by atoms with Crippen molar-refractivity contribution in [2.45, 2.75) is 26.4 Å². The van der Waals surface area contributed by atoms with Crippen LogP contribution in [0.1, 0.15) is 27.5 Å². The van der Waals surface area contributed by atoms with Crippen LogP contribution in [0.25, 0.3) is 0 Å². The fourth-order valence-corrected chi connectivity index (χ4v) is 2.61. The van der Waals surface area contributed by atoms with Crippen LogP contribution in [-0.4, -0.2) is 27.3 Å². The molecule has 1 aliphatic rings. The van der Waals surface area contributed by atoms with E-state index in [9.17, 15) is 4.79 Å². The van der Waals surface area contributed by atoms with E-state index in [4.69, 9.17) is 4.74 Å². The molecule has 0 aliphatic carbocycles. The molecule has 100 valence electrons. The predicted molar refractivity (Wildman–Crippen MR) is 70.4 cm³/mol. The van der Waals surface area contributed by atoms with E-state index < -0.39 is 0 Å². The fraction of sp³-hybridized carbons (Fsp3) is 0.417. The monoisotopic (exact) mass is 278 g/mol. The molecule has 0 fully saturated rings. The second-order valence-electron chi connectivity index (χ2n) is 4.31. The van der Waals surface area contributed by atoms with Crippen LogP contribution in [0, 0.1) is 6.92 Å². The van der Waals surface area contributed by atoms with Gasteiger partial charge in [-0.1, -0.05) is 0 Å². The summed E-state index contributed by atoms with van der Waals surface area (Å²) < 4.78 is 7.31. The minimum atomic E-state index is -0.182. The molecule has 0 unspecified atom stereocenters. The van der Waals surface area contributed by atoms with Crippen molar-refractivity contribution in [2.75, 3.05) is 6.61 Å². The second kappa shape index (κ2) is 5.00. The molecular formula is C12H14N4O2S. The average molecular weight is 278 g/mol. The summed E-state index contributed by atoms with van der Waals surface area (Å²) >= 11 is 1.52. The zero-order valence-corrected chi connectivity index (χ0v) is 11.4. The van der Waals surface area contributed by atoms with Gasteiger partial charge in [0.1, 0.15) is 5.01 Å². The lowest BCUT2D eigenvalue weighted by molar-refractivity contribution is 0.0944. The molecule has 3 rings (SSSR count). The van der Waals surface area contributed by atoms with Crippen molar-refractivity contribution >= 4 is 17.2 Å². The molecule has 0 bridgehead atoms. The molecule has 3 heterocycles. The summed E-state index contributed by atoms with van der Waals surface area (Å²) in [5, 5.41) is 9.91. The fourth-order valence-electron chi connectivity index (χ4n) is 2.05. The van der Waals surface area contributed by atoms with Crippen LogP contribution >= 0.6 is 11.3 Å². The first-order chi connectivity index (χ1) is 9.25. The van der Waals surface area contributed by atoms with E-state index in [1.807, 2.05) is 12.3 Å². The van der Waals surface area contributed by atoms with Crippen LogP contribution in [0.4, 0.5) is 0 Å². The SMILES string of the molecule is Cc1c(C(=O)NCc2nccs2)nn2c1OCCC2. The molecule has 0 radical (unpaired) electrons. The van der Waals surface area contributed by atoms with E-state index in [0.717, 1.165) is 23.5 Å². The molecule has 0 atom stereocenters. The van der Waals surface area contributed by atoms with Crippen LogP contribution in [0.15, 0.2) is 11.6 Å². The Labute approximate surface area is 114 Å². The third kappa shape index (κ3) is 2.33. The Balaban J connectivity index is 1.74. The second-order valence-corrected chi connectivity index (χ2v) is 5.29. The smallest absolute Gasteiger partial charge is 0.272 e. The molecule has 2 aromatic rings. The highest BCUT2D eigenvalue weighted by molar-refractivity contribution is 7.09. The molecule has 1 amide bonds. The maximum absolute atomic E-state index is 12.1. The lowest BCUT2D eigenvalue weighted by Crippen LogP contribution is -2.24. The van der Waals surface area contributed by atoms with Crippen LogP contribution < -0.4 is 10.1 Å². The Kier molecular flexibility index (Phi) is 3.20. The molecule has 0 saturated heterocycles. The Morgan fingerprint density at radius 2 is 2.53 bits per heavy atom. The largest absolute Gasteiger partial charge is 0.478 e. The van der Waals surface area contributed by atoms with Crippen LogP contribution in [0.2, 0.25) is 0 Å². The van der Waals surface area contributed by atoms with Crippen molar-refractivity contribution in [1.82, 2.24) is 20.1 Å². The minimum absolute atomic E-state index is 0.182. The Hall–Kier alpha value is -1.89. The Bertz CT molecular complexity index is 591. The molecule has 6 nitrogen and oxygen atoms in total. The van der Waals surface area contributed by atoms with Gasteiger partial charge in [0.05, 0.1) is 13.2 Å². The molecule has 2 aromatic heterocycles. The number of hydrogen-bond acceptors (Lipinski definition) is 5. The van der Waals surface area contributed by atoms with Crippen molar-refractivity contribution in [1.29, 1.82) is 0 Å². The number of aryl methyl sites for hydroxylation is 1. The zero-order chi connectivity index (χ0) is 13.2. The summed E-state index contributed by atoms with van der Waals surface area (Å²) in [6, 6.07) is 0. The van der Waals surface area contributed by atoms with Gasteiger partial charge in [-0.2, -0.15) is 5.10 Å². The van der Waals surface area contributed by atoms with Crippen molar-refractivity contribution < 1.29 is 9.53 Å². The number of rotatable bonds is 3. The predicted octanol–water partition coefficient (Wildman–Crippen LogP) is 1.36. The van der Waals surface area contributed by atoms with Gasteiger partial charge in [0.15, 0.2) is 5.69 Å². The van der Waals surface area contributed by atoms with Crippen LogP contribution in [-0.2, 0) is 13.1 Å². The Morgan fingerprint density at radius 1 is 1.63 bits per heavy atom. The van der Waals surface area contributed by atoms with Gasteiger partial charge in [-0.3, -0.25) is 4.79 Å². The standard InChI is InChI=1S/C12H14N4O2S/c1-8-10(15-16-4-2-5-18-12(8)16)11(17)14-7-9-13-3-6-19-9/h3,6H,2,4-5,7H2,1H3,(H,14,17). The van der Waals surface area contributed by atoms with E-state index in [2.05, 4.69) is 15.4 Å². The van der Waals surface area contributed by atoms with Crippen LogP contribution in [0.3, 0.4) is 0 Å². The van der Waals surface area contributed by atoms with Crippen molar-refractivity contribution in [3.8, 4) is 5.88 Å². The summed E-state index contributed by atoms with van der Waals surface area (Å²) in [5.41, 5.74) is 1.24. The molecule has 0 saturated carbocycles. The highest BCUT2D eigenvalue weighted by Crippen LogP contribution is 2.24. The summed E-state index contributed by atoms with van der Waals surface area (Å²) in [4.78, 5) is 16.2. The number of carbonyl (C=O) groups excluding carboxylic acids is 1. The highest BCUT2D eigenvalue weighted by atomic mass is 32.1. The third-order valence-electron chi connectivity index (χ3n) is 2.98. The number of amides is 1. The molecule has 7 heteroatoms. The van der Waals surface area contributed by atoms with Gasteiger partial charge >= 0.3 is 0 Å². The number of ether oxygens (including phenoxy) is 1.